The van der Waals surface area contributed by atoms with Crippen molar-refractivity contribution in [2.45, 2.75) is 25.9 Å². The topological polar surface area (TPSA) is 160 Å². The lowest BCUT2D eigenvalue weighted by atomic mass is 10.1. The number of sulfonamides is 2. The minimum Gasteiger partial charge on any atom is -0.415 e. The van der Waals surface area contributed by atoms with Gasteiger partial charge in [-0.2, -0.15) is 17.6 Å². The van der Waals surface area contributed by atoms with Crippen molar-refractivity contribution >= 4 is 43.1 Å². The van der Waals surface area contributed by atoms with Crippen LogP contribution in [0.5, 0.6) is 0 Å². The van der Waals surface area contributed by atoms with Gasteiger partial charge in [0.25, 0.3) is 11.8 Å². The molecule has 0 radical (unpaired) electrons. The van der Waals surface area contributed by atoms with Gasteiger partial charge in [-0.05, 0) is 42.5 Å². The van der Waals surface area contributed by atoms with Crippen LogP contribution in [0.4, 0.5) is 37.7 Å². The number of para-hydroxylation sites is 2. The zero-order chi connectivity index (χ0) is 40.5. The van der Waals surface area contributed by atoms with Crippen molar-refractivity contribution in [2.24, 2.45) is 0 Å². The Labute approximate surface area is 311 Å². The van der Waals surface area contributed by atoms with E-state index in [0.717, 1.165) is 33.3 Å². The Hall–Kier alpha value is -5.76. The first-order chi connectivity index (χ1) is 25.8. The first-order valence-corrected chi connectivity index (χ1v) is 19.4. The quantitative estimate of drug-likeness (QED) is 0.103. The van der Waals surface area contributed by atoms with Gasteiger partial charge < -0.3 is 9.73 Å². The SMILES string of the molecule is CS(=O)(=O)N(Cc1ccc(-c2nnc(C(F)F)o2)cc1F)c1ccccc1.CS(=O)(=O)N(Cc1ccc(C(=O)CNC(=O)C(F)F)cc1F)c1ccccc1. The van der Waals surface area contributed by atoms with Crippen LogP contribution in [0.1, 0.15) is 33.8 Å². The highest BCUT2D eigenvalue weighted by molar-refractivity contribution is 7.92. The summed E-state index contributed by atoms with van der Waals surface area (Å²) < 4.78 is 133. The van der Waals surface area contributed by atoms with Crippen LogP contribution in [0.25, 0.3) is 11.5 Å². The largest absolute Gasteiger partial charge is 0.415 e. The van der Waals surface area contributed by atoms with Crippen molar-refractivity contribution in [1.82, 2.24) is 15.5 Å². The van der Waals surface area contributed by atoms with Gasteiger partial charge in [0, 0.05) is 22.3 Å². The summed E-state index contributed by atoms with van der Waals surface area (Å²) in [6, 6.07) is 23.5. The molecule has 5 aromatic rings. The lowest BCUT2D eigenvalue weighted by Crippen LogP contribution is -2.34. The highest BCUT2D eigenvalue weighted by Gasteiger charge is 2.23. The molecule has 1 aromatic heterocycles. The number of nitrogens with zero attached hydrogens (tertiary/aromatic N) is 4. The fraction of sp³-hybridized carbons (Fsp3) is 0.200. The van der Waals surface area contributed by atoms with Crippen molar-refractivity contribution in [3.05, 3.63) is 131 Å². The van der Waals surface area contributed by atoms with Crippen LogP contribution in [0.3, 0.4) is 0 Å². The molecule has 0 spiro atoms. The number of amides is 1. The Morgan fingerprint density at radius 2 is 1.20 bits per heavy atom. The molecule has 0 aliphatic heterocycles. The second-order valence-electron chi connectivity index (χ2n) is 11.5. The molecule has 0 bridgehead atoms. The average molecular weight is 812 g/mol. The highest BCUT2D eigenvalue weighted by atomic mass is 32.2. The number of halogens is 6. The van der Waals surface area contributed by atoms with E-state index < -0.39 is 68.7 Å². The molecule has 0 unspecified atom stereocenters. The van der Waals surface area contributed by atoms with E-state index in [2.05, 4.69) is 10.2 Å². The number of alkyl halides is 4. The lowest BCUT2D eigenvalue weighted by molar-refractivity contribution is -0.131. The van der Waals surface area contributed by atoms with Crippen LogP contribution >= 0.6 is 0 Å². The normalized spacial score (nSPS) is 11.5. The fourth-order valence-electron chi connectivity index (χ4n) is 4.74. The third kappa shape index (κ3) is 11.6. The number of aromatic nitrogens is 2. The van der Waals surface area contributed by atoms with Crippen LogP contribution in [-0.4, -0.2) is 64.2 Å². The van der Waals surface area contributed by atoms with Crippen molar-refractivity contribution < 1.29 is 57.2 Å². The Kier molecular flexibility index (Phi) is 13.8. The van der Waals surface area contributed by atoms with Gasteiger partial charge >= 0.3 is 12.9 Å². The summed E-state index contributed by atoms with van der Waals surface area (Å²) in [5, 5.41) is 8.38. The maximum atomic E-state index is 14.5. The second-order valence-corrected chi connectivity index (χ2v) is 15.3. The van der Waals surface area contributed by atoms with E-state index in [1.54, 1.807) is 66.0 Å². The molecule has 1 N–H and O–H groups in total. The van der Waals surface area contributed by atoms with Crippen molar-refractivity contribution in [3.8, 4) is 11.5 Å². The van der Waals surface area contributed by atoms with E-state index in [9.17, 15) is 52.8 Å². The third-order valence-corrected chi connectivity index (χ3v) is 9.72. The molecule has 0 saturated heterocycles. The zero-order valence-electron chi connectivity index (χ0n) is 28.7. The summed E-state index contributed by atoms with van der Waals surface area (Å²) in [4.78, 5) is 22.7. The number of Topliss-reactive ketones (excluding diaryl/α,β-unsaturated/α-hetero) is 1. The van der Waals surface area contributed by atoms with E-state index in [1.807, 2.05) is 0 Å². The highest BCUT2D eigenvalue weighted by Crippen LogP contribution is 2.27. The summed E-state index contributed by atoms with van der Waals surface area (Å²) in [6.45, 7) is -1.24. The van der Waals surface area contributed by atoms with Crippen LogP contribution in [0.2, 0.25) is 0 Å². The number of rotatable bonds is 14. The standard InChI is InChI=1S/C18H17F3N2O4S.C17H14F3N3O3S/c1-28(26,27)23(14-5-3-2-4-6-14)11-13-8-7-12(9-15(13)19)16(24)10-22-18(25)17(20)21;1-27(24,25)23(13-5-3-2-4-6-13)10-12-8-7-11(9-14(12)18)16-21-22-17(26-16)15(19)20/h2-9,17H,10-11H2,1H3,(H,22,25);2-9,15H,10H2,1H3. The molecule has 0 fully saturated rings. The van der Waals surface area contributed by atoms with Crippen molar-refractivity contribution in [2.75, 3.05) is 27.7 Å². The number of hydrogen-bond acceptors (Lipinski definition) is 9. The first kappa shape index (κ1) is 42.0. The number of nitrogens with one attached hydrogen (secondary N) is 1. The third-order valence-electron chi connectivity index (χ3n) is 7.44. The van der Waals surface area contributed by atoms with Gasteiger partial charge in [-0.15, -0.1) is 10.2 Å². The van der Waals surface area contributed by atoms with Crippen LogP contribution in [0.15, 0.2) is 101 Å². The number of carbonyl (C=O) groups excluding carboxylic acids is 2. The summed E-state index contributed by atoms with van der Waals surface area (Å²) in [5.74, 6) is -5.04. The summed E-state index contributed by atoms with van der Waals surface area (Å²) in [7, 11) is -7.36. The second kappa shape index (κ2) is 18.0. The molecule has 0 saturated carbocycles. The van der Waals surface area contributed by atoms with Gasteiger partial charge in [-0.1, -0.05) is 54.6 Å². The van der Waals surface area contributed by atoms with E-state index in [-0.39, 0.29) is 41.2 Å². The van der Waals surface area contributed by atoms with Crippen LogP contribution in [-0.2, 0) is 37.9 Å². The van der Waals surface area contributed by atoms with E-state index in [0.29, 0.717) is 11.4 Å². The molecule has 0 aliphatic carbocycles. The number of benzene rings is 4. The summed E-state index contributed by atoms with van der Waals surface area (Å²) >= 11 is 0. The molecule has 5 rings (SSSR count). The van der Waals surface area contributed by atoms with Gasteiger partial charge in [0.05, 0.1) is 43.5 Å². The van der Waals surface area contributed by atoms with Crippen molar-refractivity contribution in [3.63, 3.8) is 0 Å². The summed E-state index contributed by atoms with van der Waals surface area (Å²) in [6.07, 6.45) is -4.17. The molecule has 292 valence electrons. The van der Waals surface area contributed by atoms with Gasteiger partial charge in [0.1, 0.15) is 11.6 Å². The van der Waals surface area contributed by atoms with E-state index >= 15 is 0 Å². The Morgan fingerprint density at radius 1 is 0.709 bits per heavy atom. The number of hydrogen-bond donors (Lipinski definition) is 1. The Bertz CT molecular complexity index is 2330. The van der Waals surface area contributed by atoms with Crippen LogP contribution in [0, 0.1) is 11.6 Å². The number of anilines is 2. The first-order valence-electron chi connectivity index (χ1n) is 15.7. The van der Waals surface area contributed by atoms with Gasteiger partial charge in [0.2, 0.25) is 25.9 Å². The van der Waals surface area contributed by atoms with Gasteiger partial charge in [-0.25, -0.2) is 25.6 Å². The predicted octanol–water partition coefficient (Wildman–Crippen LogP) is 6.14. The molecule has 0 aliphatic rings. The molecule has 55 heavy (non-hydrogen) atoms. The molecule has 20 heteroatoms. The Balaban J connectivity index is 0.000000245. The van der Waals surface area contributed by atoms with Crippen molar-refractivity contribution in [1.29, 1.82) is 0 Å². The Morgan fingerprint density at radius 3 is 1.62 bits per heavy atom. The molecule has 1 amide bonds. The number of carbonyl (C=O) groups is 2. The predicted molar refractivity (Wildman–Crippen MR) is 189 cm³/mol. The zero-order valence-corrected chi connectivity index (χ0v) is 30.4. The monoisotopic (exact) mass is 811 g/mol. The summed E-state index contributed by atoms with van der Waals surface area (Å²) in [5.41, 5.74) is 0.827. The molecular weight excluding hydrogens is 781 g/mol. The van der Waals surface area contributed by atoms with E-state index in [4.69, 9.17) is 4.42 Å². The number of ketones is 1. The fourth-order valence-corrected chi connectivity index (χ4v) is 6.50. The minimum atomic E-state index is -3.70. The molecule has 0 atom stereocenters. The molecular formula is C35H31F6N5O7S2. The molecule has 12 nitrogen and oxygen atoms in total. The average Bonchev–Trinajstić information content (AvgIpc) is 3.64. The maximum Gasteiger partial charge on any atom is 0.315 e. The van der Waals surface area contributed by atoms with Crippen LogP contribution < -0.4 is 13.9 Å². The molecule has 1 heterocycles. The van der Waals surface area contributed by atoms with E-state index in [1.165, 1.54) is 24.3 Å². The smallest absolute Gasteiger partial charge is 0.315 e. The lowest BCUT2D eigenvalue weighted by Gasteiger charge is -2.22. The molecule has 4 aromatic carbocycles. The minimum absolute atomic E-state index is 0.0162. The van der Waals surface area contributed by atoms with Gasteiger partial charge in [0.15, 0.2) is 5.78 Å². The van der Waals surface area contributed by atoms with Gasteiger partial charge in [-0.3, -0.25) is 18.2 Å². The maximum absolute atomic E-state index is 14.5.